The molecule has 0 spiro atoms. The summed E-state index contributed by atoms with van der Waals surface area (Å²) < 4.78 is 11.0. The molecule has 2 aromatic carbocycles. The second-order valence-electron chi connectivity index (χ2n) is 5.95. The Hall–Kier alpha value is -3.87. The van der Waals surface area contributed by atoms with Crippen molar-refractivity contribution in [2.75, 3.05) is 6.61 Å². The number of hydrazone groups is 1. The molecule has 3 aromatic rings. The van der Waals surface area contributed by atoms with Crippen LogP contribution in [0.1, 0.15) is 21.7 Å². The van der Waals surface area contributed by atoms with E-state index in [1.54, 1.807) is 36.4 Å². The highest BCUT2D eigenvalue weighted by Gasteiger charge is 2.13. The standard InChI is InChI=1S/C21H18N2O5/c1-14-5-4-6-15(11-14)27-13-20(24)23-22-12-16-9-10-19(28-16)17-7-2-3-8-18(17)21(25)26/h2-12H,13H2,1H3,(H,23,24)(H,25,26)/b22-12-. The van der Waals surface area contributed by atoms with Gasteiger partial charge in [-0.1, -0.05) is 30.3 Å². The van der Waals surface area contributed by atoms with Crippen molar-refractivity contribution in [3.8, 4) is 17.1 Å². The lowest BCUT2D eigenvalue weighted by Crippen LogP contribution is -2.24. The molecule has 142 valence electrons. The Balaban J connectivity index is 1.57. The highest BCUT2D eigenvalue weighted by atomic mass is 16.5. The molecule has 2 N–H and O–H groups in total. The molecule has 0 aliphatic carbocycles. The zero-order valence-corrected chi connectivity index (χ0v) is 15.1. The number of nitrogens with one attached hydrogen (secondary N) is 1. The molecule has 7 heteroatoms. The average molecular weight is 378 g/mol. The Bertz CT molecular complexity index is 1020. The van der Waals surface area contributed by atoms with Crippen LogP contribution >= 0.6 is 0 Å². The van der Waals surface area contributed by atoms with Crippen molar-refractivity contribution >= 4 is 18.1 Å². The number of aryl methyl sites for hydroxylation is 1. The number of carboxylic acid groups (broad SMARTS) is 1. The molecule has 0 fully saturated rings. The largest absolute Gasteiger partial charge is 0.484 e. The van der Waals surface area contributed by atoms with Gasteiger partial charge in [0, 0.05) is 5.56 Å². The minimum Gasteiger partial charge on any atom is -0.484 e. The van der Waals surface area contributed by atoms with Crippen molar-refractivity contribution in [2.24, 2.45) is 5.10 Å². The summed E-state index contributed by atoms with van der Waals surface area (Å²) in [6.45, 7) is 1.76. The number of furan rings is 1. The number of carbonyl (C=O) groups excluding carboxylic acids is 1. The molecule has 28 heavy (non-hydrogen) atoms. The van der Waals surface area contributed by atoms with Crippen LogP contribution in [0.4, 0.5) is 0 Å². The van der Waals surface area contributed by atoms with Gasteiger partial charge in [0.2, 0.25) is 0 Å². The Labute approximate surface area is 161 Å². The van der Waals surface area contributed by atoms with Crippen LogP contribution in [0.2, 0.25) is 0 Å². The second-order valence-corrected chi connectivity index (χ2v) is 5.95. The first-order valence-electron chi connectivity index (χ1n) is 8.47. The maximum Gasteiger partial charge on any atom is 0.336 e. The first kappa shape index (κ1) is 18.9. The van der Waals surface area contributed by atoms with Crippen LogP contribution in [0.5, 0.6) is 5.75 Å². The lowest BCUT2D eigenvalue weighted by atomic mass is 10.1. The molecular weight excluding hydrogens is 360 g/mol. The summed E-state index contributed by atoms with van der Waals surface area (Å²) >= 11 is 0. The van der Waals surface area contributed by atoms with Crippen molar-refractivity contribution in [2.45, 2.75) is 6.92 Å². The Morgan fingerprint density at radius 1 is 1.14 bits per heavy atom. The van der Waals surface area contributed by atoms with E-state index in [4.69, 9.17) is 9.15 Å². The molecule has 3 rings (SSSR count). The van der Waals surface area contributed by atoms with Gasteiger partial charge in [0.25, 0.3) is 5.91 Å². The predicted octanol–water partition coefficient (Wildman–Crippen LogP) is 3.48. The number of aromatic carboxylic acids is 1. The fraction of sp³-hybridized carbons (Fsp3) is 0.0952. The van der Waals surface area contributed by atoms with Gasteiger partial charge in [0.15, 0.2) is 6.61 Å². The van der Waals surface area contributed by atoms with E-state index in [1.807, 2.05) is 25.1 Å². The number of rotatable bonds is 7. The number of hydrogen-bond donors (Lipinski definition) is 2. The van der Waals surface area contributed by atoms with Gasteiger partial charge < -0.3 is 14.3 Å². The quantitative estimate of drug-likeness (QED) is 0.484. The molecule has 0 unspecified atom stereocenters. The van der Waals surface area contributed by atoms with Gasteiger partial charge in [-0.15, -0.1) is 0 Å². The third kappa shape index (κ3) is 4.85. The summed E-state index contributed by atoms with van der Waals surface area (Å²) in [6.07, 6.45) is 1.33. The van der Waals surface area contributed by atoms with Crippen molar-refractivity contribution in [1.29, 1.82) is 0 Å². The van der Waals surface area contributed by atoms with Crippen LogP contribution in [0.15, 0.2) is 70.2 Å². The minimum atomic E-state index is -1.04. The lowest BCUT2D eigenvalue weighted by molar-refractivity contribution is -0.123. The van der Waals surface area contributed by atoms with Crippen LogP contribution in [0.25, 0.3) is 11.3 Å². The summed E-state index contributed by atoms with van der Waals surface area (Å²) in [4.78, 5) is 23.1. The van der Waals surface area contributed by atoms with Crippen molar-refractivity contribution in [1.82, 2.24) is 5.43 Å². The molecule has 0 radical (unpaired) electrons. The van der Waals surface area contributed by atoms with E-state index >= 15 is 0 Å². The summed E-state index contributed by atoms with van der Waals surface area (Å²) in [5.41, 5.74) is 3.99. The van der Waals surface area contributed by atoms with Crippen molar-refractivity contribution in [3.05, 3.63) is 77.6 Å². The summed E-state index contributed by atoms with van der Waals surface area (Å²) in [7, 11) is 0. The smallest absolute Gasteiger partial charge is 0.336 e. The van der Waals surface area contributed by atoms with Gasteiger partial charge in [-0.25, -0.2) is 10.2 Å². The highest BCUT2D eigenvalue weighted by molar-refractivity contribution is 5.95. The topological polar surface area (TPSA) is 101 Å². The molecule has 1 heterocycles. The number of carbonyl (C=O) groups is 2. The van der Waals surface area contributed by atoms with E-state index in [0.29, 0.717) is 22.8 Å². The molecule has 7 nitrogen and oxygen atoms in total. The SMILES string of the molecule is Cc1cccc(OCC(=O)N/N=C\c2ccc(-c3ccccc3C(=O)O)o2)c1. The molecule has 0 atom stereocenters. The Kier molecular flexibility index (Phi) is 5.86. The van der Waals surface area contributed by atoms with Crippen LogP contribution < -0.4 is 10.2 Å². The third-order valence-electron chi connectivity index (χ3n) is 3.79. The van der Waals surface area contributed by atoms with E-state index in [2.05, 4.69) is 10.5 Å². The Morgan fingerprint density at radius 3 is 2.75 bits per heavy atom. The molecule has 0 aliphatic heterocycles. The monoisotopic (exact) mass is 378 g/mol. The van der Waals surface area contributed by atoms with Gasteiger partial charge >= 0.3 is 5.97 Å². The van der Waals surface area contributed by atoms with Gasteiger partial charge in [-0.2, -0.15) is 5.10 Å². The van der Waals surface area contributed by atoms with Crippen LogP contribution in [-0.2, 0) is 4.79 Å². The van der Waals surface area contributed by atoms with E-state index in [1.165, 1.54) is 12.3 Å². The molecular formula is C21H18N2O5. The number of benzene rings is 2. The average Bonchev–Trinajstić information content (AvgIpc) is 3.15. The van der Waals surface area contributed by atoms with Gasteiger partial charge in [-0.3, -0.25) is 4.79 Å². The molecule has 0 saturated carbocycles. The lowest BCUT2D eigenvalue weighted by Gasteiger charge is -2.05. The molecule has 0 aliphatic rings. The highest BCUT2D eigenvalue weighted by Crippen LogP contribution is 2.25. The zero-order valence-electron chi connectivity index (χ0n) is 15.1. The summed E-state index contributed by atoms with van der Waals surface area (Å²) in [6, 6.07) is 17.2. The van der Waals surface area contributed by atoms with Crippen LogP contribution in [0, 0.1) is 6.92 Å². The van der Waals surface area contributed by atoms with Crippen LogP contribution in [-0.4, -0.2) is 29.8 Å². The number of hydrogen-bond acceptors (Lipinski definition) is 5. The van der Waals surface area contributed by atoms with E-state index in [9.17, 15) is 14.7 Å². The maximum atomic E-state index is 11.8. The maximum absolute atomic E-state index is 11.8. The summed E-state index contributed by atoms with van der Waals surface area (Å²) in [5, 5.41) is 13.1. The number of carboxylic acids is 1. The fourth-order valence-electron chi connectivity index (χ4n) is 2.51. The molecule has 0 bridgehead atoms. The molecule has 0 saturated heterocycles. The minimum absolute atomic E-state index is 0.141. The Morgan fingerprint density at radius 2 is 1.96 bits per heavy atom. The zero-order chi connectivity index (χ0) is 19.9. The third-order valence-corrected chi connectivity index (χ3v) is 3.79. The van der Waals surface area contributed by atoms with Gasteiger partial charge in [-0.05, 0) is 42.8 Å². The van der Waals surface area contributed by atoms with Crippen molar-refractivity contribution in [3.63, 3.8) is 0 Å². The summed E-state index contributed by atoms with van der Waals surface area (Å²) in [5.74, 6) is -0.0839. The van der Waals surface area contributed by atoms with E-state index in [-0.39, 0.29) is 12.2 Å². The normalized spacial score (nSPS) is 10.8. The number of nitrogens with zero attached hydrogens (tertiary/aromatic N) is 1. The van der Waals surface area contributed by atoms with Crippen molar-refractivity contribution < 1.29 is 23.8 Å². The van der Waals surface area contributed by atoms with Crippen LogP contribution in [0.3, 0.4) is 0 Å². The number of ether oxygens (including phenoxy) is 1. The fourth-order valence-corrected chi connectivity index (χ4v) is 2.51. The second kappa shape index (κ2) is 8.68. The number of amides is 1. The van der Waals surface area contributed by atoms with E-state index in [0.717, 1.165) is 5.56 Å². The van der Waals surface area contributed by atoms with Gasteiger partial charge in [0.05, 0.1) is 11.8 Å². The predicted molar refractivity (Wildman–Crippen MR) is 104 cm³/mol. The first-order valence-corrected chi connectivity index (χ1v) is 8.47. The van der Waals surface area contributed by atoms with Gasteiger partial charge in [0.1, 0.15) is 17.3 Å². The van der Waals surface area contributed by atoms with E-state index < -0.39 is 11.9 Å². The molecule has 1 amide bonds. The molecule has 1 aromatic heterocycles. The first-order chi connectivity index (χ1) is 13.5.